The van der Waals surface area contributed by atoms with Gasteiger partial charge in [0.1, 0.15) is 12.0 Å². The Morgan fingerprint density at radius 1 is 1.45 bits per heavy atom. The van der Waals surface area contributed by atoms with E-state index in [-0.39, 0.29) is 23.7 Å². The average molecular weight is 326 g/mol. The lowest BCUT2D eigenvalue weighted by Gasteiger charge is -2.41. The molecular weight excluding hydrogens is 294 g/mol. The first-order valence-electron chi connectivity index (χ1n) is 7.87. The highest BCUT2D eigenvalue weighted by Gasteiger charge is 2.40. The van der Waals surface area contributed by atoms with Crippen LogP contribution in [-0.2, 0) is 4.43 Å². The Morgan fingerprint density at radius 2 is 2.05 bits per heavy atom. The molecule has 1 N–H and O–H groups in total. The van der Waals surface area contributed by atoms with Crippen molar-refractivity contribution >= 4 is 14.4 Å². The van der Waals surface area contributed by atoms with Crippen molar-refractivity contribution in [1.82, 2.24) is 4.98 Å². The quantitative estimate of drug-likeness (QED) is 0.787. The fourth-order valence-electron chi connectivity index (χ4n) is 2.01. The summed E-state index contributed by atoms with van der Waals surface area (Å²) in [6.07, 6.45) is 3.52. The fraction of sp³-hybridized carbons (Fsp3) is 0.706. The van der Waals surface area contributed by atoms with Crippen molar-refractivity contribution in [3.05, 3.63) is 23.4 Å². The molecule has 126 valence electrons. The topological polar surface area (TPSA) is 55.5 Å². The second kappa shape index (κ2) is 7.11. The normalized spacial score (nSPS) is 16.7. The van der Waals surface area contributed by atoms with Crippen molar-refractivity contribution in [3.63, 3.8) is 0 Å². The molecule has 0 fully saturated rings. The second-order valence-electron chi connectivity index (χ2n) is 7.64. The molecule has 0 unspecified atom stereocenters. The smallest absolute Gasteiger partial charge is 0.192 e. The van der Waals surface area contributed by atoms with Crippen LogP contribution < -0.4 is 0 Å². The number of aliphatic hydroxyl groups excluding tert-OH is 1. The number of hydrogen-bond donors (Lipinski definition) is 1. The minimum absolute atomic E-state index is 0.0402. The van der Waals surface area contributed by atoms with Crippen LogP contribution in [-0.4, -0.2) is 31.1 Å². The van der Waals surface area contributed by atoms with Gasteiger partial charge in [-0.1, -0.05) is 27.7 Å². The molecule has 1 rings (SSSR count). The van der Waals surface area contributed by atoms with Gasteiger partial charge in [0.25, 0.3) is 0 Å². The van der Waals surface area contributed by atoms with E-state index in [1.165, 1.54) is 0 Å². The van der Waals surface area contributed by atoms with Crippen LogP contribution in [0.3, 0.4) is 0 Å². The molecule has 1 aromatic rings. The lowest BCUT2D eigenvalue weighted by atomic mass is 9.98. The maximum atomic E-state index is 9.60. The highest BCUT2D eigenvalue weighted by molar-refractivity contribution is 6.74. The summed E-state index contributed by atoms with van der Waals surface area (Å²) in [5.74, 6) is 0.689. The molecule has 0 aliphatic carbocycles. The van der Waals surface area contributed by atoms with Gasteiger partial charge in [0.15, 0.2) is 14.2 Å². The highest BCUT2D eigenvalue weighted by Crippen LogP contribution is 2.39. The van der Waals surface area contributed by atoms with Crippen LogP contribution in [0.2, 0.25) is 18.1 Å². The van der Waals surface area contributed by atoms with Gasteiger partial charge in [-0.3, -0.25) is 0 Å². The van der Waals surface area contributed by atoms with Crippen molar-refractivity contribution in [2.75, 3.05) is 6.61 Å². The molecule has 5 heteroatoms. The van der Waals surface area contributed by atoms with Gasteiger partial charge in [-0.05, 0) is 36.7 Å². The van der Waals surface area contributed by atoms with Crippen LogP contribution in [0.5, 0.6) is 0 Å². The van der Waals surface area contributed by atoms with Gasteiger partial charge in [0, 0.05) is 19.4 Å². The van der Waals surface area contributed by atoms with Crippen molar-refractivity contribution < 1.29 is 13.9 Å². The van der Waals surface area contributed by atoms with Crippen LogP contribution in [0.25, 0.3) is 6.08 Å². The number of oxazole rings is 1. The molecule has 2 atom stereocenters. The molecule has 0 bridgehead atoms. The third kappa shape index (κ3) is 4.79. The van der Waals surface area contributed by atoms with Crippen LogP contribution >= 0.6 is 0 Å². The van der Waals surface area contributed by atoms with E-state index < -0.39 is 8.32 Å². The average Bonchev–Trinajstić information content (AvgIpc) is 2.79. The first-order valence-corrected chi connectivity index (χ1v) is 10.8. The van der Waals surface area contributed by atoms with E-state index in [4.69, 9.17) is 8.84 Å². The summed E-state index contributed by atoms with van der Waals surface area (Å²) in [4.78, 5) is 4.31. The Morgan fingerprint density at radius 3 is 2.45 bits per heavy atom. The number of aryl methyl sites for hydroxylation is 1. The molecule has 4 nitrogen and oxygen atoms in total. The van der Waals surface area contributed by atoms with E-state index in [0.29, 0.717) is 5.89 Å². The van der Waals surface area contributed by atoms with E-state index in [1.807, 2.05) is 26.8 Å². The Kier molecular flexibility index (Phi) is 6.18. The van der Waals surface area contributed by atoms with E-state index >= 15 is 0 Å². The maximum absolute atomic E-state index is 9.60. The SMILES string of the molecule is C/C(=C\c1coc(C)n1)[C@H](O[Si](C)(C)C(C)(C)C)[C@H](C)CO. The number of hydrogen-bond acceptors (Lipinski definition) is 4. The Hall–Kier alpha value is -0.913. The molecule has 1 heterocycles. The molecule has 0 aliphatic heterocycles. The summed E-state index contributed by atoms with van der Waals surface area (Å²) in [5, 5.41) is 9.73. The number of aliphatic hydroxyl groups is 1. The molecular formula is C17H31NO3Si. The number of aromatic nitrogens is 1. The zero-order chi connectivity index (χ0) is 17.1. The summed E-state index contributed by atoms with van der Waals surface area (Å²) in [7, 11) is -1.92. The molecule has 0 saturated carbocycles. The molecule has 0 saturated heterocycles. The summed E-state index contributed by atoms with van der Waals surface area (Å²) in [6, 6.07) is 0. The van der Waals surface area contributed by atoms with Gasteiger partial charge in [-0.15, -0.1) is 0 Å². The largest absolute Gasteiger partial charge is 0.449 e. The maximum Gasteiger partial charge on any atom is 0.192 e. The third-order valence-electron chi connectivity index (χ3n) is 4.49. The Bertz CT molecular complexity index is 514. The number of rotatable bonds is 6. The van der Waals surface area contributed by atoms with Crippen LogP contribution in [0.4, 0.5) is 0 Å². The summed E-state index contributed by atoms with van der Waals surface area (Å²) in [6.45, 7) is 17.1. The van der Waals surface area contributed by atoms with Crippen molar-refractivity contribution in [2.45, 2.75) is 65.8 Å². The van der Waals surface area contributed by atoms with Crippen molar-refractivity contribution in [1.29, 1.82) is 0 Å². The Balaban J connectivity index is 3.05. The van der Waals surface area contributed by atoms with Gasteiger partial charge < -0.3 is 13.9 Å². The van der Waals surface area contributed by atoms with Crippen LogP contribution in [0, 0.1) is 12.8 Å². The van der Waals surface area contributed by atoms with Crippen molar-refractivity contribution in [3.8, 4) is 0 Å². The molecule has 0 aromatic carbocycles. The predicted molar refractivity (Wildman–Crippen MR) is 93.2 cm³/mol. The summed E-state index contributed by atoms with van der Waals surface area (Å²) >= 11 is 0. The van der Waals surface area contributed by atoms with E-state index in [0.717, 1.165) is 11.3 Å². The van der Waals surface area contributed by atoms with E-state index in [9.17, 15) is 5.11 Å². The lowest BCUT2D eigenvalue weighted by molar-refractivity contribution is 0.110. The molecule has 1 aromatic heterocycles. The molecule has 0 aliphatic rings. The second-order valence-corrected chi connectivity index (χ2v) is 12.4. The molecule has 0 amide bonds. The zero-order valence-electron chi connectivity index (χ0n) is 15.2. The minimum atomic E-state index is -1.92. The fourth-order valence-corrected chi connectivity index (χ4v) is 3.42. The van der Waals surface area contributed by atoms with Crippen LogP contribution in [0.1, 0.15) is 46.2 Å². The third-order valence-corrected chi connectivity index (χ3v) is 8.95. The minimum Gasteiger partial charge on any atom is -0.449 e. The van der Waals surface area contributed by atoms with Crippen LogP contribution in [0.15, 0.2) is 16.3 Å². The van der Waals surface area contributed by atoms with Gasteiger partial charge in [-0.2, -0.15) is 0 Å². The summed E-state index contributed by atoms with van der Waals surface area (Å²) < 4.78 is 11.8. The zero-order valence-corrected chi connectivity index (χ0v) is 16.2. The molecule has 0 spiro atoms. The van der Waals surface area contributed by atoms with Gasteiger partial charge in [0.05, 0.1) is 6.10 Å². The summed E-state index contributed by atoms with van der Waals surface area (Å²) in [5.41, 5.74) is 1.86. The monoisotopic (exact) mass is 325 g/mol. The highest BCUT2D eigenvalue weighted by atomic mass is 28.4. The van der Waals surface area contributed by atoms with Crippen molar-refractivity contribution in [2.24, 2.45) is 5.92 Å². The van der Waals surface area contributed by atoms with E-state index in [1.54, 1.807) is 6.26 Å². The van der Waals surface area contributed by atoms with Gasteiger partial charge in [-0.25, -0.2) is 4.98 Å². The first kappa shape index (κ1) is 19.1. The molecule has 0 radical (unpaired) electrons. The lowest BCUT2D eigenvalue weighted by Crippen LogP contribution is -2.46. The standard InChI is InChI=1S/C17H31NO3Si/c1-12(9-15-11-20-14(3)18-15)16(13(2)10-19)21-22(7,8)17(4,5)6/h9,11,13,16,19H,10H2,1-8H3/b12-9+/t13-,16+/m1/s1. The first-order chi connectivity index (χ1) is 9.98. The molecule has 22 heavy (non-hydrogen) atoms. The predicted octanol–water partition coefficient (Wildman–Crippen LogP) is 4.41. The number of nitrogens with zero attached hydrogens (tertiary/aromatic N) is 1. The van der Waals surface area contributed by atoms with E-state index in [2.05, 4.69) is 38.8 Å². The Labute approximate surface area is 135 Å². The van der Waals surface area contributed by atoms with Gasteiger partial charge >= 0.3 is 0 Å². The van der Waals surface area contributed by atoms with Gasteiger partial charge in [0.2, 0.25) is 0 Å².